The van der Waals surface area contributed by atoms with Crippen LogP contribution in [0.1, 0.15) is 52.5 Å². The summed E-state index contributed by atoms with van der Waals surface area (Å²) in [6, 6.07) is 12.5. The van der Waals surface area contributed by atoms with Crippen molar-refractivity contribution in [2.24, 2.45) is 5.92 Å². The number of amides is 2. The molecule has 2 unspecified atom stereocenters. The van der Waals surface area contributed by atoms with Gasteiger partial charge in [0.25, 0.3) is 5.91 Å². The molecule has 0 saturated carbocycles. The summed E-state index contributed by atoms with van der Waals surface area (Å²) in [6.07, 6.45) is 3.86. The van der Waals surface area contributed by atoms with Gasteiger partial charge in [-0.25, -0.2) is 0 Å². The van der Waals surface area contributed by atoms with Gasteiger partial charge in [0, 0.05) is 19.6 Å². The highest BCUT2D eigenvalue weighted by atomic mass is 32.1. The molecule has 2 fully saturated rings. The van der Waals surface area contributed by atoms with Gasteiger partial charge >= 0.3 is 0 Å². The standard InChI is InChI=1S/C22H26N2O2S/c1-16-8-10-17(11-9-16)19-6-3-13-24(19)21(25)18-5-2-12-23(15-18)22(26)20-7-4-14-27-20/h4,7-11,14,18-19H,2-3,5-6,12-13,15H2,1H3. The fraction of sp³-hybridized carbons (Fsp3) is 0.455. The molecule has 2 aliphatic heterocycles. The van der Waals surface area contributed by atoms with Crippen molar-refractivity contribution in [2.75, 3.05) is 19.6 Å². The highest BCUT2D eigenvalue weighted by molar-refractivity contribution is 7.12. The zero-order chi connectivity index (χ0) is 18.8. The third kappa shape index (κ3) is 3.79. The summed E-state index contributed by atoms with van der Waals surface area (Å²) in [5, 5.41) is 1.93. The number of hydrogen-bond donors (Lipinski definition) is 0. The molecular weight excluding hydrogens is 356 g/mol. The second-order valence-electron chi connectivity index (χ2n) is 7.67. The van der Waals surface area contributed by atoms with Crippen LogP contribution in [0.25, 0.3) is 0 Å². The van der Waals surface area contributed by atoms with E-state index in [-0.39, 0.29) is 23.8 Å². The molecular formula is C22H26N2O2S. The van der Waals surface area contributed by atoms with E-state index in [9.17, 15) is 9.59 Å². The zero-order valence-corrected chi connectivity index (χ0v) is 16.6. The van der Waals surface area contributed by atoms with E-state index in [0.717, 1.165) is 43.6 Å². The Morgan fingerprint density at radius 3 is 2.56 bits per heavy atom. The lowest BCUT2D eigenvalue weighted by atomic mass is 9.95. The van der Waals surface area contributed by atoms with Crippen LogP contribution in [0, 0.1) is 12.8 Å². The predicted octanol–water partition coefficient (Wildman–Crippen LogP) is 4.27. The van der Waals surface area contributed by atoms with Crippen molar-refractivity contribution < 1.29 is 9.59 Å². The summed E-state index contributed by atoms with van der Waals surface area (Å²) < 4.78 is 0. The molecule has 0 aliphatic carbocycles. The minimum Gasteiger partial charge on any atom is -0.337 e. The minimum atomic E-state index is -0.0753. The van der Waals surface area contributed by atoms with Crippen LogP contribution in [0.5, 0.6) is 0 Å². The summed E-state index contributed by atoms with van der Waals surface area (Å²) in [5.74, 6) is 0.217. The highest BCUT2D eigenvalue weighted by Crippen LogP contribution is 2.34. The molecule has 3 heterocycles. The number of piperidine rings is 1. The van der Waals surface area contributed by atoms with Gasteiger partial charge in [0.2, 0.25) is 5.91 Å². The molecule has 2 aliphatic rings. The van der Waals surface area contributed by atoms with Gasteiger partial charge < -0.3 is 9.80 Å². The second kappa shape index (κ2) is 7.85. The van der Waals surface area contributed by atoms with Gasteiger partial charge in [0.1, 0.15) is 0 Å². The molecule has 0 N–H and O–H groups in total. The number of rotatable bonds is 3. The molecule has 27 heavy (non-hydrogen) atoms. The van der Waals surface area contributed by atoms with Crippen molar-refractivity contribution >= 4 is 23.2 Å². The van der Waals surface area contributed by atoms with E-state index >= 15 is 0 Å². The smallest absolute Gasteiger partial charge is 0.263 e. The highest BCUT2D eigenvalue weighted by Gasteiger charge is 2.36. The Morgan fingerprint density at radius 2 is 1.81 bits per heavy atom. The van der Waals surface area contributed by atoms with Gasteiger partial charge in [-0.1, -0.05) is 35.9 Å². The van der Waals surface area contributed by atoms with Crippen LogP contribution in [0.2, 0.25) is 0 Å². The lowest BCUT2D eigenvalue weighted by Gasteiger charge is -2.35. The van der Waals surface area contributed by atoms with E-state index in [0.29, 0.717) is 6.54 Å². The normalized spacial score (nSPS) is 22.9. The molecule has 2 amide bonds. The minimum absolute atomic E-state index is 0.0685. The van der Waals surface area contributed by atoms with Gasteiger partial charge in [-0.2, -0.15) is 0 Å². The first-order chi connectivity index (χ1) is 13.1. The van der Waals surface area contributed by atoms with Gasteiger partial charge in [-0.05, 0) is 49.6 Å². The molecule has 4 rings (SSSR count). The average Bonchev–Trinajstić information content (AvgIpc) is 3.39. The predicted molar refractivity (Wildman–Crippen MR) is 108 cm³/mol. The third-order valence-corrected chi connectivity index (χ3v) is 6.65. The van der Waals surface area contributed by atoms with E-state index in [4.69, 9.17) is 0 Å². The summed E-state index contributed by atoms with van der Waals surface area (Å²) in [4.78, 5) is 30.7. The molecule has 2 aromatic rings. The molecule has 4 nitrogen and oxygen atoms in total. The molecule has 2 saturated heterocycles. The summed E-state index contributed by atoms with van der Waals surface area (Å²) in [7, 11) is 0. The van der Waals surface area contributed by atoms with E-state index in [1.165, 1.54) is 22.5 Å². The number of benzene rings is 1. The first-order valence-corrected chi connectivity index (χ1v) is 10.7. The maximum absolute atomic E-state index is 13.3. The van der Waals surface area contributed by atoms with Crippen LogP contribution in [0.15, 0.2) is 41.8 Å². The van der Waals surface area contributed by atoms with Crippen LogP contribution >= 0.6 is 11.3 Å². The van der Waals surface area contributed by atoms with E-state index in [1.807, 2.05) is 22.4 Å². The summed E-state index contributed by atoms with van der Waals surface area (Å²) in [5.41, 5.74) is 2.47. The number of thiophene rings is 1. The monoisotopic (exact) mass is 382 g/mol. The Balaban J connectivity index is 1.46. The Morgan fingerprint density at radius 1 is 1.04 bits per heavy atom. The van der Waals surface area contributed by atoms with Gasteiger partial charge in [0.15, 0.2) is 0 Å². The maximum atomic E-state index is 13.3. The first kappa shape index (κ1) is 18.2. The quantitative estimate of drug-likeness (QED) is 0.795. The molecule has 142 valence electrons. The molecule has 5 heteroatoms. The Bertz CT molecular complexity index is 800. The molecule has 0 radical (unpaired) electrons. The fourth-order valence-electron chi connectivity index (χ4n) is 4.32. The third-order valence-electron chi connectivity index (χ3n) is 5.79. The van der Waals surface area contributed by atoms with E-state index in [2.05, 4.69) is 36.1 Å². The van der Waals surface area contributed by atoms with Gasteiger partial charge in [-0.3, -0.25) is 9.59 Å². The van der Waals surface area contributed by atoms with Crippen molar-refractivity contribution in [3.05, 3.63) is 57.8 Å². The van der Waals surface area contributed by atoms with Crippen LogP contribution in [0.4, 0.5) is 0 Å². The largest absolute Gasteiger partial charge is 0.337 e. The average molecular weight is 383 g/mol. The van der Waals surface area contributed by atoms with Crippen LogP contribution in [0.3, 0.4) is 0 Å². The second-order valence-corrected chi connectivity index (χ2v) is 8.62. The maximum Gasteiger partial charge on any atom is 0.263 e. The van der Waals surface area contributed by atoms with Crippen molar-refractivity contribution in [1.82, 2.24) is 9.80 Å². The van der Waals surface area contributed by atoms with Crippen LogP contribution in [-0.2, 0) is 4.79 Å². The fourth-order valence-corrected chi connectivity index (χ4v) is 5.01. The first-order valence-electron chi connectivity index (χ1n) is 9.83. The Hall–Kier alpha value is -2.14. The van der Waals surface area contributed by atoms with Gasteiger partial charge in [-0.15, -0.1) is 11.3 Å². The summed E-state index contributed by atoms with van der Waals surface area (Å²) >= 11 is 1.47. The van der Waals surface area contributed by atoms with Crippen molar-refractivity contribution in [3.8, 4) is 0 Å². The van der Waals surface area contributed by atoms with Gasteiger partial charge in [0.05, 0.1) is 16.8 Å². The molecule has 1 aromatic carbocycles. The van der Waals surface area contributed by atoms with E-state index in [1.54, 1.807) is 0 Å². The number of carbonyl (C=O) groups excluding carboxylic acids is 2. The van der Waals surface area contributed by atoms with Crippen molar-refractivity contribution in [3.63, 3.8) is 0 Å². The molecule has 2 atom stereocenters. The number of aryl methyl sites for hydroxylation is 1. The molecule has 0 spiro atoms. The Kier molecular flexibility index (Phi) is 5.30. The number of carbonyl (C=O) groups is 2. The lowest BCUT2D eigenvalue weighted by molar-refractivity contribution is -0.137. The summed E-state index contributed by atoms with van der Waals surface area (Å²) in [6.45, 7) is 4.21. The number of hydrogen-bond acceptors (Lipinski definition) is 3. The SMILES string of the molecule is Cc1ccc(C2CCCN2C(=O)C2CCCN(C(=O)c3cccs3)C2)cc1. The van der Waals surface area contributed by atoms with Crippen LogP contribution in [-0.4, -0.2) is 41.2 Å². The lowest BCUT2D eigenvalue weighted by Crippen LogP contribution is -2.46. The van der Waals surface area contributed by atoms with E-state index < -0.39 is 0 Å². The zero-order valence-electron chi connectivity index (χ0n) is 15.8. The number of likely N-dealkylation sites (tertiary alicyclic amines) is 2. The molecule has 1 aromatic heterocycles. The van der Waals surface area contributed by atoms with Crippen LogP contribution < -0.4 is 0 Å². The number of nitrogens with zero attached hydrogens (tertiary/aromatic N) is 2. The topological polar surface area (TPSA) is 40.6 Å². The van der Waals surface area contributed by atoms with Crippen molar-refractivity contribution in [2.45, 2.75) is 38.6 Å². The van der Waals surface area contributed by atoms with Crippen molar-refractivity contribution in [1.29, 1.82) is 0 Å². The molecule has 0 bridgehead atoms. The Labute approximate surface area is 164 Å².